The summed E-state index contributed by atoms with van der Waals surface area (Å²) in [6.07, 6.45) is 1.71. The fourth-order valence-electron chi connectivity index (χ4n) is 3.02. The maximum absolute atomic E-state index is 12.3. The number of rotatable bonds is 8. The summed E-state index contributed by atoms with van der Waals surface area (Å²) in [4.78, 5) is 17.8. The molecule has 0 radical (unpaired) electrons. The minimum Gasteiger partial charge on any atom is -0.340 e. The normalized spacial score (nSPS) is 15.9. The minimum atomic E-state index is -3.55. The lowest BCUT2D eigenvalue weighted by atomic mass is 10.2. The minimum absolute atomic E-state index is 0.00878. The Balaban J connectivity index is 1.38. The highest BCUT2D eigenvalue weighted by atomic mass is 32.2. The van der Waals surface area contributed by atoms with Crippen molar-refractivity contribution in [2.75, 3.05) is 32.7 Å². The molecule has 0 unspecified atom stereocenters. The van der Waals surface area contributed by atoms with Crippen molar-refractivity contribution in [1.82, 2.24) is 14.5 Å². The first kappa shape index (κ1) is 20.7. The van der Waals surface area contributed by atoms with Crippen LogP contribution in [0, 0.1) is 0 Å². The lowest BCUT2D eigenvalue weighted by Crippen LogP contribution is -2.48. The molecular formula is C20H25N3O3S2. The second kappa shape index (κ2) is 9.97. The van der Waals surface area contributed by atoms with Crippen LogP contribution in [0.4, 0.5) is 0 Å². The first-order chi connectivity index (χ1) is 13.5. The number of thiophene rings is 1. The molecule has 1 aliphatic heterocycles. The largest absolute Gasteiger partial charge is 0.340 e. The summed E-state index contributed by atoms with van der Waals surface area (Å²) in [5.41, 5.74) is 0.810. The van der Waals surface area contributed by atoms with Crippen LogP contribution < -0.4 is 4.72 Å². The van der Waals surface area contributed by atoms with Crippen molar-refractivity contribution < 1.29 is 13.2 Å². The number of amides is 1. The number of carbonyl (C=O) groups is 1. The molecule has 6 nitrogen and oxygen atoms in total. The molecule has 28 heavy (non-hydrogen) atoms. The number of hydrogen-bond acceptors (Lipinski definition) is 5. The Morgan fingerprint density at radius 3 is 2.50 bits per heavy atom. The number of sulfonamides is 1. The van der Waals surface area contributed by atoms with E-state index >= 15 is 0 Å². The number of piperazine rings is 1. The van der Waals surface area contributed by atoms with Crippen LogP contribution >= 0.6 is 11.3 Å². The highest BCUT2D eigenvalue weighted by Gasteiger charge is 2.21. The Morgan fingerprint density at radius 1 is 1.07 bits per heavy atom. The van der Waals surface area contributed by atoms with Crippen LogP contribution in [-0.2, 0) is 21.4 Å². The lowest BCUT2D eigenvalue weighted by Gasteiger charge is -2.34. The van der Waals surface area contributed by atoms with Gasteiger partial charge in [-0.2, -0.15) is 0 Å². The van der Waals surface area contributed by atoms with E-state index in [2.05, 4.69) is 27.1 Å². The number of benzene rings is 1. The highest BCUT2D eigenvalue weighted by Crippen LogP contribution is 2.14. The Labute approximate surface area is 170 Å². The van der Waals surface area contributed by atoms with E-state index < -0.39 is 10.0 Å². The van der Waals surface area contributed by atoms with E-state index in [0.29, 0.717) is 13.1 Å². The fraction of sp³-hybridized carbons (Fsp3) is 0.350. The fourth-order valence-corrected chi connectivity index (χ4v) is 4.58. The molecule has 2 heterocycles. The summed E-state index contributed by atoms with van der Waals surface area (Å²) in [6, 6.07) is 13.4. The Hall–Kier alpha value is -2.00. The standard InChI is InChI=1S/C20H25N3O3S2/c24-20(23-13-11-22(12-14-23)17-19-7-4-15-27-19)8-10-21-28(25,26)16-9-18-5-2-1-3-6-18/h1-7,9,15-16,21H,8,10-14,17H2. The average molecular weight is 420 g/mol. The molecule has 0 saturated carbocycles. The van der Waals surface area contributed by atoms with E-state index in [4.69, 9.17) is 0 Å². The molecule has 1 aromatic heterocycles. The Bertz CT molecular complexity index is 873. The smallest absolute Gasteiger partial charge is 0.233 e. The van der Waals surface area contributed by atoms with Gasteiger partial charge in [0.2, 0.25) is 15.9 Å². The quantitative estimate of drug-likeness (QED) is 0.713. The van der Waals surface area contributed by atoms with E-state index in [9.17, 15) is 13.2 Å². The third-order valence-corrected chi connectivity index (χ3v) is 6.53. The van der Waals surface area contributed by atoms with E-state index in [1.165, 1.54) is 11.0 Å². The summed E-state index contributed by atoms with van der Waals surface area (Å²) >= 11 is 1.75. The van der Waals surface area contributed by atoms with Gasteiger partial charge >= 0.3 is 0 Å². The van der Waals surface area contributed by atoms with Gasteiger partial charge in [-0.05, 0) is 23.1 Å². The van der Waals surface area contributed by atoms with Gasteiger partial charge in [0.05, 0.1) is 0 Å². The number of hydrogen-bond donors (Lipinski definition) is 1. The van der Waals surface area contributed by atoms with Crippen molar-refractivity contribution in [3.63, 3.8) is 0 Å². The predicted molar refractivity (Wildman–Crippen MR) is 113 cm³/mol. The summed E-state index contributed by atoms with van der Waals surface area (Å²) < 4.78 is 26.5. The molecule has 8 heteroatoms. The average Bonchev–Trinajstić information content (AvgIpc) is 3.21. The molecule has 1 amide bonds. The molecule has 2 aromatic rings. The zero-order valence-corrected chi connectivity index (χ0v) is 17.3. The van der Waals surface area contributed by atoms with Gasteiger partial charge in [-0.3, -0.25) is 9.69 Å². The van der Waals surface area contributed by atoms with Crippen LogP contribution in [0.2, 0.25) is 0 Å². The third kappa shape index (κ3) is 6.56. The van der Waals surface area contributed by atoms with Crippen LogP contribution in [0.3, 0.4) is 0 Å². The molecule has 1 aromatic carbocycles. The van der Waals surface area contributed by atoms with E-state index in [1.54, 1.807) is 11.3 Å². The number of nitrogens with zero attached hydrogens (tertiary/aromatic N) is 2. The summed E-state index contributed by atoms with van der Waals surface area (Å²) in [5, 5.41) is 3.21. The molecule has 150 valence electrons. The van der Waals surface area contributed by atoms with Gasteiger partial charge in [0.25, 0.3) is 0 Å². The molecule has 1 fully saturated rings. The maximum Gasteiger partial charge on any atom is 0.233 e. The van der Waals surface area contributed by atoms with Crippen molar-refractivity contribution >= 4 is 33.3 Å². The topological polar surface area (TPSA) is 69.7 Å². The van der Waals surface area contributed by atoms with Crippen molar-refractivity contribution in [1.29, 1.82) is 0 Å². The van der Waals surface area contributed by atoms with Crippen molar-refractivity contribution in [3.05, 3.63) is 63.7 Å². The van der Waals surface area contributed by atoms with Gasteiger partial charge in [0, 0.05) is 56.0 Å². The summed E-state index contributed by atoms with van der Waals surface area (Å²) in [5.74, 6) is -0.00878. The zero-order chi connectivity index (χ0) is 19.8. The van der Waals surface area contributed by atoms with Crippen molar-refractivity contribution in [2.45, 2.75) is 13.0 Å². The van der Waals surface area contributed by atoms with Crippen LogP contribution in [0.1, 0.15) is 16.9 Å². The van der Waals surface area contributed by atoms with Crippen LogP contribution in [0.25, 0.3) is 6.08 Å². The molecule has 0 bridgehead atoms. The van der Waals surface area contributed by atoms with Gasteiger partial charge in [-0.15, -0.1) is 11.3 Å². The highest BCUT2D eigenvalue weighted by molar-refractivity contribution is 7.92. The molecule has 1 N–H and O–H groups in total. The van der Waals surface area contributed by atoms with Crippen molar-refractivity contribution in [2.24, 2.45) is 0 Å². The first-order valence-electron chi connectivity index (χ1n) is 9.27. The second-order valence-corrected chi connectivity index (χ2v) is 9.32. The van der Waals surface area contributed by atoms with Gasteiger partial charge in [-0.1, -0.05) is 36.4 Å². The van der Waals surface area contributed by atoms with Gasteiger partial charge in [-0.25, -0.2) is 13.1 Å². The Morgan fingerprint density at radius 2 is 1.82 bits per heavy atom. The van der Waals surface area contributed by atoms with E-state index in [1.807, 2.05) is 35.2 Å². The predicted octanol–water partition coefficient (Wildman–Crippen LogP) is 2.37. The number of nitrogens with one attached hydrogen (secondary N) is 1. The molecule has 3 rings (SSSR count). The molecule has 0 aliphatic carbocycles. The summed E-state index contributed by atoms with van der Waals surface area (Å²) in [7, 11) is -3.55. The lowest BCUT2D eigenvalue weighted by molar-refractivity contribution is -0.132. The van der Waals surface area contributed by atoms with E-state index in [-0.39, 0.29) is 18.9 Å². The van der Waals surface area contributed by atoms with Crippen LogP contribution in [-0.4, -0.2) is 56.8 Å². The zero-order valence-electron chi connectivity index (χ0n) is 15.7. The molecule has 0 spiro atoms. The van der Waals surface area contributed by atoms with Crippen molar-refractivity contribution in [3.8, 4) is 0 Å². The monoisotopic (exact) mass is 419 g/mol. The Kier molecular flexibility index (Phi) is 7.38. The second-order valence-electron chi connectivity index (χ2n) is 6.64. The first-order valence-corrected chi connectivity index (χ1v) is 11.7. The molecule has 1 aliphatic rings. The summed E-state index contributed by atoms with van der Waals surface area (Å²) in [6.45, 7) is 4.09. The van der Waals surface area contributed by atoms with Crippen LogP contribution in [0.15, 0.2) is 53.3 Å². The molecular weight excluding hydrogens is 394 g/mol. The number of carbonyl (C=O) groups excluding carboxylic acids is 1. The van der Waals surface area contributed by atoms with Crippen LogP contribution in [0.5, 0.6) is 0 Å². The van der Waals surface area contributed by atoms with Gasteiger partial charge in [0.1, 0.15) is 0 Å². The molecule has 0 atom stereocenters. The van der Waals surface area contributed by atoms with Gasteiger partial charge in [0.15, 0.2) is 0 Å². The maximum atomic E-state index is 12.3. The van der Waals surface area contributed by atoms with E-state index in [0.717, 1.165) is 30.6 Å². The molecule has 1 saturated heterocycles. The SMILES string of the molecule is O=C(CCNS(=O)(=O)C=Cc1ccccc1)N1CCN(Cc2cccs2)CC1. The third-order valence-electron chi connectivity index (χ3n) is 4.57. The van der Waals surface area contributed by atoms with Gasteiger partial charge < -0.3 is 4.90 Å².